The summed E-state index contributed by atoms with van der Waals surface area (Å²) in [5, 5.41) is 11.3. The maximum atomic E-state index is 13.1. The van der Waals surface area contributed by atoms with Gasteiger partial charge in [0.15, 0.2) is 5.69 Å². The van der Waals surface area contributed by atoms with Crippen molar-refractivity contribution in [2.24, 2.45) is 0 Å². The Morgan fingerprint density at radius 1 is 1.40 bits per heavy atom. The van der Waals surface area contributed by atoms with Gasteiger partial charge in [0.25, 0.3) is 5.91 Å². The number of benzene rings is 1. The van der Waals surface area contributed by atoms with E-state index in [2.05, 4.69) is 15.5 Å². The third-order valence-corrected chi connectivity index (χ3v) is 5.30. The van der Waals surface area contributed by atoms with Gasteiger partial charge in [-0.1, -0.05) is 29.8 Å². The number of fused-ring (bicyclic) bond motifs is 1. The first-order valence-corrected chi connectivity index (χ1v) is 8.96. The second kappa shape index (κ2) is 6.78. The van der Waals surface area contributed by atoms with Crippen molar-refractivity contribution in [2.45, 2.75) is 32.0 Å². The number of nitrogens with one attached hydrogen (secondary N) is 2. The Morgan fingerprint density at radius 2 is 2.24 bits per heavy atom. The summed E-state index contributed by atoms with van der Waals surface area (Å²) >= 11 is 6.31. The van der Waals surface area contributed by atoms with Crippen LogP contribution in [-0.4, -0.2) is 46.7 Å². The summed E-state index contributed by atoms with van der Waals surface area (Å²) in [6.07, 6.45) is 0.651. The molecule has 7 heteroatoms. The third-order valence-electron chi connectivity index (χ3n) is 4.96. The zero-order chi connectivity index (χ0) is 17.4. The van der Waals surface area contributed by atoms with Crippen LogP contribution in [0.15, 0.2) is 24.3 Å². The van der Waals surface area contributed by atoms with Crippen molar-refractivity contribution in [3.05, 3.63) is 51.8 Å². The van der Waals surface area contributed by atoms with Gasteiger partial charge in [0, 0.05) is 41.4 Å². The summed E-state index contributed by atoms with van der Waals surface area (Å²) in [7, 11) is 0. The van der Waals surface area contributed by atoms with Crippen molar-refractivity contribution in [2.75, 3.05) is 19.7 Å². The minimum atomic E-state index is -0.221. The van der Waals surface area contributed by atoms with E-state index in [-0.39, 0.29) is 18.1 Å². The van der Waals surface area contributed by atoms with Gasteiger partial charge in [-0.3, -0.25) is 9.89 Å². The van der Waals surface area contributed by atoms with E-state index in [9.17, 15) is 4.79 Å². The molecule has 1 fully saturated rings. The number of aromatic nitrogens is 2. The minimum absolute atomic E-state index is 0.00450. The molecule has 0 bridgehead atoms. The summed E-state index contributed by atoms with van der Waals surface area (Å²) in [5.74, 6) is -0.0472. The summed E-state index contributed by atoms with van der Waals surface area (Å²) in [4.78, 5) is 15.0. The van der Waals surface area contributed by atoms with Crippen LogP contribution in [0.5, 0.6) is 0 Å². The summed E-state index contributed by atoms with van der Waals surface area (Å²) in [6, 6.07) is 7.62. The highest BCUT2D eigenvalue weighted by molar-refractivity contribution is 6.31. The SMILES string of the molecule is CC1COC(c2ccccc2Cl)CN1C(=O)c1n[nH]c2c1CNCC2. The first kappa shape index (κ1) is 16.6. The highest BCUT2D eigenvalue weighted by atomic mass is 35.5. The van der Waals surface area contributed by atoms with Crippen molar-refractivity contribution in [1.29, 1.82) is 0 Å². The molecule has 2 aliphatic rings. The molecule has 1 saturated heterocycles. The Balaban J connectivity index is 1.59. The van der Waals surface area contributed by atoms with Gasteiger partial charge in [0.1, 0.15) is 6.10 Å². The van der Waals surface area contributed by atoms with E-state index < -0.39 is 0 Å². The van der Waals surface area contributed by atoms with Gasteiger partial charge >= 0.3 is 0 Å². The minimum Gasteiger partial charge on any atom is -0.369 e. The molecule has 2 aromatic rings. The normalized spacial score (nSPS) is 23.4. The lowest BCUT2D eigenvalue weighted by atomic mass is 10.0. The molecular formula is C18H21ClN4O2. The Kier molecular flexibility index (Phi) is 4.50. The van der Waals surface area contributed by atoms with E-state index in [0.29, 0.717) is 30.4 Å². The number of aromatic amines is 1. The quantitative estimate of drug-likeness (QED) is 0.862. The van der Waals surface area contributed by atoms with E-state index in [1.165, 1.54) is 0 Å². The Morgan fingerprint density at radius 3 is 3.08 bits per heavy atom. The van der Waals surface area contributed by atoms with Crippen LogP contribution < -0.4 is 5.32 Å². The van der Waals surface area contributed by atoms with Crippen molar-refractivity contribution >= 4 is 17.5 Å². The number of morpholine rings is 1. The number of amides is 1. The molecule has 1 amide bonds. The van der Waals surface area contributed by atoms with Crippen LogP contribution in [0, 0.1) is 0 Å². The summed E-state index contributed by atoms with van der Waals surface area (Å²) in [5.41, 5.74) is 3.49. The molecular weight excluding hydrogens is 340 g/mol. The first-order chi connectivity index (χ1) is 12.1. The van der Waals surface area contributed by atoms with Gasteiger partial charge in [0.05, 0.1) is 19.2 Å². The van der Waals surface area contributed by atoms with Gasteiger partial charge in [-0.25, -0.2) is 0 Å². The molecule has 2 N–H and O–H groups in total. The molecule has 2 aliphatic heterocycles. The van der Waals surface area contributed by atoms with Crippen LogP contribution in [-0.2, 0) is 17.7 Å². The Bertz CT molecular complexity index is 791. The number of carbonyl (C=O) groups excluding carboxylic acids is 1. The molecule has 132 valence electrons. The van der Waals surface area contributed by atoms with Crippen molar-refractivity contribution < 1.29 is 9.53 Å². The standard InChI is InChI=1S/C18H21ClN4O2/c1-11-10-25-16(12-4-2-3-5-14(12)19)9-23(11)18(24)17-13-8-20-7-6-15(13)21-22-17/h2-5,11,16,20H,6-10H2,1H3,(H,21,22). The Hall–Kier alpha value is -1.89. The first-order valence-electron chi connectivity index (χ1n) is 8.59. The summed E-state index contributed by atoms with van der Waals surface area (Å²) < 4.78 is 5.95. The maximum Gasteiger partial charge on any atom is 0.275 e. The predicted molar refractivity (Wildman–Crippen MR) is 94.6 cm³/mol. The lowest BCUT2D eigenvalue weighted by Gasteiger charge is -2.38. The van der Waals surface area contributed by atoms with E-state index in [0.717, 1.165) is 29.8 Å². The molecule has 3 heterocycles. The zero-order valence-electron chi connectivity index (χ0n) is 14.1. The van der Waals surface area contributed by atoms with Crippen LogP contribution in [0.4, 0.5) is 0 Å². The van der Waals surface area contributed by atoms with Crippen LogP contribution >= 0.6 is 11.6 Å². The number of ether oxygens (including phenoxy) is 1. The average molecular weight is 361 g/mol. The summed E-state index contributed by atoms with van der Waals surface area (Å²) in [6.45, 7) is 4.54. The second-order valence-corrected chi connectivity index (χ2v) is 7.01. The number of rotatable bonds is 2. The van der Waals surface area contributed by atoms with Gasteiger partial charge in [-0.2, -0.15) is 5.10 Å². The number of nitrogens with zero attached hydrogens (tertiary/aromatic N) is 2. The number of hydrogen-bond donors (Lipinski definition) is 2. The number of carbonyl (C=O) groups is 1. The topological polar surface area (TPSA) is 70.2 Å². The predicted octanol–water partition coefficient (Wildman–Crippen LogP) is 2.31. The van der Waals surface area contributed by atoms with Crippen LogP contribution in [0.1, 0.15) is 40.3 Å². The molecule has 1 aromatic heterocycles. The van der Waals surface area contributed by atoms with E-state index >= 15 is 0 Å². The van der Waals surface area contributed by atoms with Crippen LogP contribution in [0.2, 0.25) is 5.02 Å². The molecule has 0 radical (unpaired) electrons. The molecule has 0 aliphatic carbocycles. The highest BCUT2D eigenvalue weighted by Crippen LogP contribution is 2.31. The highest BCUT2D eigenvalue weighted by Gasteiger charge is 2.34. The van der Waals surface area contributed by atoms with E-state index in [1.807, 2.05) is 36.1 Å². The van der Waals surface area contributed by atoms with E-state index in [1.54, 1.807) is 0 Å². The van der Waals surface area contributed by atoms with Crippen molar-refractivity contribution in [3.63, 3.8) is 0 Å². The third kappa shape index (κ3) is 3.05. The van der Waals surface area contributed by atoms with Crippen molar-refractivity contribution in [3.8, 4) is 0 Å². The lowest BCUT2D eigenvalue weighted by molar-refractivity contribution is -0.0488. The fourth-order valence-electron chi connectivity index (χ4n) is 3.50. The lowest BCUT2D eigenvalue weighted by Crippen LogP contribution is -2.48. The van der Waals surface area contributed by atoms with Gasteiger partial charge in [-0.15, -0.1) is 0 Å². The number of hydrogen-bond acceptors (Lipinski definition) is 4. The molecule has 6 nitrogen and oxygen atoms in total. The largest absolute Gasteiger partial charge is 0.369 e. The molecule has 2 unspecified atom stereocenters. The molecule has 4 rings (SSSR count). The molecule has 0 spiro atoms. The van der Waals surface area contributed by atoms with Crippen LogP contribution in [0.25, 0.3) is 0 Å². The van der Waals surface area contributed by atoms with Gasteiger partial charge in [-0.05, 0) is 13.0 Å². The monoisotopic (exact) mass is 360 g/mol. The average Bonchev–Trinajstić information content (AvgIpc) is 3.06. The second-order valence-electron chi connectivity index (χ2n) is 6.61. The number of halogens is 1. The fourth-order valence-corrected chi connectivity index (χ4v) is 3.76. The zero-order valence-corrected chi connectivity index (χ0v) is 14.8. The van der Waals surface area contributed by atoms with Gasteiger partial charge < -0.3 is 15.0 Å². The number of H-pyrrole nitrogens is 1. The molecule has 0 saturated carbocycles. The maximum absolute atomic E-state index is 13.1. The van der Waals surface area contributed by atoms with E-state index in [4.69, 9.17) is 16.3 Å². The fraction of sp³-hybridized carbons (Fsp3) is 0.444. The molecule has 25 heavy (non-hydrogen) atoms. The van der Waals surface area contributed by atoms with Crippen LogP contribution in [0.3, 0.4) is 0 Å². The smallest absolute Gasteiger partial charge is 0.275 e. The molecule has 1 aromatic carbocycles. The van der Waals surface area contributed by atoms with Crippen molar-refractivity contribution in [1.82, 2.24) is 20.4 Å². The molecule has 2 atom stereocenters. The Labute approximate surface area is 151 Å². The van der Waals surface area contributed by atoms with Gasteiger partial charge in [0.2, 0.25) is 0 Å².